The highest BCUT2D eigenvalue weighted by atomic mass is 32.1. The topological polar surface area (TPSA) is 58.6 Å². The van der Waals surface area contributed by atoms with Crippen LogP contribution in [0.25, 0.3) is 0 Å². The Hall–Kier alpha value is -1.21. The molecular formula is C15H24N4O2S. The van der Waals surface area contributed by atoms with Crippen LogP contribution in [0.2, 0.25) is 0 Å². The summed E-state index contributed by atoms with van der Waals surface area (Å²) >= 11 is 1.42. The zero-order valence-electron chi connectivity index (χ0n) is 13.3. The average molecular weight is 324 g/mol. The predicted octanol–water partition coefficient (Wildman–Crippen LogP) is 1.88. The van der Waals surface area contributed by atoms with Crippen LogP contribution < -0.4 is 4.90 Å². The molecule has 0 N–H and O–H groups in total. The Morgan fingerprint density at radius 3 is 2.73 bits per heavy atom. The zero-order chi connectivity index (χ0) is 15.5. The summed E-state index contributed by atoms with van der Waals surface area (Å²) in [6.45, 7) is 7.85. The molecule has 1 atom stereocenters. The number of ether oxygens (including phenoxy) is 1. The first kappa shape index (κ1) is 15.7. The molecule has 1 aromatic rings. The van der Waals surface area contributed by atoms with E-state index in [1.807, 2.05) is 4.90 Å². The number of rotatable bonds is 3. The number of aromatic nitrogens is 2. The Labute approximate surface area is 135 Å². The summed E-state index contributed by atoms with van der Waals surface area (Å²) in [5.41, 5.74) is 0. The first-order valence-electron chi connectivity index (χ1n) is 8.14. The molecule has 122 valence electrons. The van der Waals surface area contributed by atoms with Crippen molar-refractivity contribution >= 4 is 22.6 Å². The van der Waals surface area contributed by atoms with Crippen molar-refractivity contribution < 1.29 is 9.53 Å². The summed E-state index contributed by atoms with van der Waals surface area (Å²) in [4.78, 5) is 21.3. The highest BCUT2D eigenvalue weighted by molar-refractivity contribution is 7.09. The normalized spacial score (nSPS) is 23.1. The van der Waals surface area contributed by atoms with E-state index in [1.54, 1.807) is 0 Å². The van der Waals surface area contributed by atoms with Crippen molar-refractivity contribution in [2.24, 2.45) is 0 Å². The van der Waals surface area contributed by atoms with Crippen molar-refractivity contribution in [1.82, 2.24) is 14.3 Å². The molecule has 2 aliphatic heterocycles. The van der Waals surface area contributed by atoms with Crippen LogP contribution in [0.15, 0.2) is 0 Å². The molecule has 6 nitrogen and oxygen atoms in total. The molecule has 0 radical (unpaired) electrons. The highest BCUT2D eigenvalue weighted by Gasteiger charge is 2.32. The van der Waals surface area contributed by atoms with E-state index in [4.69, 9.17) is 4.74 Å². The van der Waals surface area contributed by atoms with Crippen molar-refractivity contribution in [1.29, 1.82) is 0 Å². The number of amides is 1. The standard InChI is InChI=1S/C15H24N4O2S/c1-11(2)13-16-15(22-17-13)19-8-9-21-12(10-19)14(20)18-6-4-3-5-7-18/h11-12H,3-10H2,1-2H3. The van der Waals surface area contributed by atoms with E-state index in [0.29, 0.717) is 19.1 Å². The molecule has 0 saturated carbocycles. The number of carbonyl (C=O) groups is 1. The molecule has 2 saturated heterocycles. The lowest BCUT2D eigenvalue weighted by Crippen LogP contribution is -2.52. The van der Waals surface area contributed by atoms with Crippen LogP contribution in [0.3, 0.4) is 0 Å². The smallest absolute Gasteiger partial charge is 0.253 e. The monoisotopic (exact) mass is 324 g/mol. The molecule has 0 spiro atoms. The van der Waals surface area contributed by atoms with Crippen molar-refractivity contribution in [3.8, 4) is 0 Å². The molecular weight excluding hydrogens is 300 g/mol. The fourth-order valence-corrected chi connectivity index (χ4v) is 3.72. The lowest BCUT2D eigenvalue weighted by molar-refractivity contribution is -0.145. The quantitative estimate of drug-likeness (QED) is 0.850. The summed E-state index contributed by atoms with van der Waals surface area (Å²) in [5.74, 6) is 1.35. The number of carbonyl (C=O) groups excluding carboxylic acids is 1. The Bertz CT molecular complexity index is 513. The van der Waals surface area contributed by atoms with E-state index < -0.39 is 0 Å². The SMILES string of the molecule is CC(C)c1nsc(N2CCOC(C(=O)N3CCCCC3)C2)n1. The summed E-state index contributed by atoms with van der Waals surface area (Å²) in [5, 5.41) is 0.906. The fraction of sp³-hybridized carbons (Fsp3) is 0.800. The van der Waals surface area contributed by atoms with Crippen LogP contribution in [0.4, 0.5) is 5.13 Å². The van der Waals surface area contributed by atoms with Crippen LogP contribution in [0.1, 0.15) is 44.9 Å². The van der Waals surface area contributed by atoms with Gasteiger partial charge in [0, 0.05) is 37.1 Å². The van der Waals surface area contributed by atoms with E-state index in [2.05, 4.69) is 28.1 Å². The van der Waals surface area contributed by atoms with Crippen molar-refractivity contribution in [3.63, 3.8) is 0 Å². The van der Waals surface area contributed by atoms with E-state index >= 15 is 0 Å². The number of hydrogen-bond donors (Lipinski definition) is 0. The van der Waals surface area contributed by atoms with Gasteiger partial charge in [0.05, 0.1) is 13.2 Å². The Kier molecular flexibility index (Phi) is 4.93. The van der Waals surface area contributed by atoms with Crippen LogP contribution in [-0.2, 0) is 9.53 Å². The number of nitrogens with zero attached hydrogens (tertiary/aromatic N) is 4. The summed E-state index contributed by atoms with van der Waals surface area (Å²) < 4.78 is 10.1. The van der Waals surface area contributed by atoms with Crippen molar-refractivity contribution in [2.45, 2.75) is 45.1 Å². The van der Waals surface area contributed by atoms with Crippen LogP contribution in [-0.4, -0.2) is 59.1 Å². The highest BCUT2D eigenvalue weighted by Crippen LogP contribution is 2.24. The van der Waals surface area contributed by atoms with E-state index in [1.165, 1.54) is 18.0 Å². The summed E-state index contributed by atoms with van der Waals surface area (Å²) in [6, 6.07) is 0. The van der Waals surface area contributed by atoms with Gasteiger partial charge in [-0.15, -0.1) is 0 Å². The van der Waals surface area contributed by atoms with Gasteiger partial charge in [-0.2, -0.15) is 4.37 Å². The third kappa shape index (κ3) is 3.41. The van der Waals surface area contributed by atoms with Crippen LogP contribution in [0, 0.1) is 0 Å². The maximum atomic E-state index is 12.6. The second kappa shape index (κ2) is 6.91. The lowest BCUT2D eigenvalue weighted by atomic mass is 10.1. The van der Waals surface area contributed by atoms with Gasteiger partial charge in [-0.3, -0.25) is 4.79 Å². The fourth-order valence-electron chi connectivity index (χ4n) is 2.88. The molecule has 7 heteroatoms. The van der Waals surface area contributed by atoms with E-state index in [-0.39, 0.29) is 12.0 Å². The molecule has 0 aliphatic carbocycles. The predicted molar refractivity (Wildman–Crippen MR) is 86.4 cm³/mol. The molecule has 2 fully saturated rings. The summed E-state index contributed by atoms with van der Waals surface area (Å²) in [7, 11) is 0. The van der Waals surface area contributed by atoms with Gasteiger partial charge in [-0.25, -0.2) is 4.98 Å². The summed E-state index contributed by atoms with van der Waals surface area (Å²) in [6.07, 6.45) is 3.08. The Morgan fingerprint density at radius 2 is 2.05 bits per heavy atom. The molecule has 1 aromatic heterocycles. The third-order valence-electron chi connectivity index (χ3n) is 4.23. The Balaban J connectivity index is 1.64. The number of likely N-dealkylation sites (tertiary alicyclic amines) is 1. The van der Waals surface area contributed by atoms with Gasteiger partial charge in [-0.05, 0) is 19.3 Å². The van der Waals surface area contributed by atoms with Gasteiger partial charge in [0.2, 0.25) is 5.13 Å². The van der Waals surface area contributed by atoms with Crippen LogP contribution in [0.5, 0.6) is 0 Å². The third-order valence-corrected chi connectivity index (χ3v) is 5.02. The first-order chi connectivity index (χ1) is 10.6. The molecule has 22 heavy (non-hydrogen) atoms. The van der Waals surface area contributed by atoms with Crippen LogP contribution >= 0.6 is 11.5 Å². The van der Waals surface area contributed by atoms with E-state index in [9.17, 15) is 4.79 Å². The van der Waals surface area contributed by atoms with Crippen molar-refractivity contribution in [3.05, 3.63) is 5.82 Å². The second-order valence-electron chi connectivity index (χ2n) is 6.28. The zero-order valence-corrected chi connectivity index (χ0v) is 14.1. The maximum absolute atomic E-state index is 12.6. The van der Waals surface area contributed by atoms with Crippen molar-refractivity contribution in [2.75, 3.05) is 37.7 Å². The minimum absolute atomic E-state index is 0.137. The second-order valence-corrected chi connectivity index (χ2v) is 7.01. The molecule has 3 rings (SSSR count). The largest absolute Gasteiger partial charge is 0.365 e. The average Bonchev–Trinajstić information content (AvgIpc) is 3.05. The van der Waals surface area contributed by atoms with Gasteiger partial charge in [0.25, 0.3) is 5.91 Å². The minimum Gasteiger partial charge on any atom is -0.365 e. The van der Waals surface area contributed by atoms with E-state index in [0.717, 1.165) is 43.4 Å². The number of morpholine rings is 1. The maximum Gasteiger partial charge on any atom is 0.253 e. The minimum atomic E-state index is -0.363. The molecule has 1 unspecified atom stereocenters. The molecule has 0 aromatic carbocycles. The van der Waals surface area contributed by atoms with Gasteiger partial charge in [0.15, 0.2) is 6.10 Å². The lowest BCUT2D eigenvalue weighted by Gasteiger charge is -2.35. The molecule has 3 heterocycles. The number of anilines is 1. The number of piperidine rings is 1. The molecule has 0 bridgehead atoms. The first-order valence-corrected chi connectivity index (χ1v) is 8.91. The Morgan fingerprint density at radius 1 is 1.27 bits per heavy atom. The molecule has 1 amide bonds. The molecule has 2 aliphatic rings. The van der Waals surface area contributed by atoms with Gasteiger partial charge in [-0.1, -0.05) is 13.8 Å². The van der Waals surface area contributed by atoms with Gasteiger partial charge < -0.3 is 14.5 Å². The van der Waals surface area contributed by atoms with Gasteiger partial charge >= 0.3 is 0 Å². The number of hydrogen-bond acceptors (Lipinski definition) is 6. The van der Waals surface area contributed by atoms with Gasteiger partial charge in [0.1, 0.15) is 5.82 Å².